The number of hydrogen-bond acceptors (Lipinski definition) is 3. The zero-order valence-corrected chi connectivity index (χ0v) is 14.9. The van der Waals surface area contributed by atoms with Crippen LogP contribution in [-0.2, 0) is 11.2 Å². The fourth-order valence-electron chi connectivity index (χ4n) is 2.77. The lowest BCUT2D eigenvalue weighted by Gasteiger charge is -2.34. The van der Waals surface area contributed by atoms with E-state index in [1.54, 1.807) is 17.4 Å². The first kappa shape index (κ1) is 15.0. The molecule has 0 saturated heterocycles. The van der Waals surface area contributed by atoms with Gasteiger partial charge in [0.25, 0.3) is 0 Å². The molecule has 1 unspecified atom stereocenters. The van der Waals surface area contributed by atoms with Crippen LogP contribution in [-0.4, -0.2) is 17.4 Å². The lowest BCUT2D eigenvalue weighted by molar-refractivity contribution is -0.128. The molecule has 110 valence electrons. The average molecular weight is 382 g/mol. The van der Waals surface area contributed by atoms with Crippen LogP contribution in [0.25, 0.3) is 6.08 Å². The van der Waals surface area contributed by atoms with Crippen LogP contribution in [0.15, 0.2) is 33.4 Å². The van der Waals surface area contributed by atoms with Gasteiger partial charge in [0, 0.05) is 22.4 Å². The topological polar surface area (TPSA) is 20.3 Å². The Labute approximate surface area is 141 Å². The Balaban J connectivity index is 1.77. The molecule has 1 atom stereocenters. The molecule has 2 aromatic rings. The summed E-state index contributed by atoms with van der Waals surface area (Å²) < 4.78 is 1.09. The molecule has 0 spiro atoms. The summed E-state index contributed by atoms with van der Waals surface area (Å²) >= 11 is 6.89. The molecule has 3 rings (SSSR count). The number of thiophene rings is 2. The van der Waals surface area contributed by atoms with Gasteiger partial charge in [-0.3, -0.25) is 4.79 Å². The van der Waals surface area contributed by atoms with E-state index in [-0.39, 0.29) is 11.9 Å². The summed E-state index contributed by atoms with van der Waals surface area (Å²) in [7, 11) is 0. The predicted molar refractivity (Wildman–Crippen MR) is 93.8 cm³/mol. The normalized spacial score (nSPS) is 18.2. The lowest BCUT2D eigenvalue weighted by atomic mass is 9.98. The maximum Gasteiger partial charge on any atom is 0.247 e. The van der Waals surface area contributed by atoms with Crippen LogP contribution < -0.4 is 0 Å². The summed E-state index contributed by atoms with van der Waals surface area (Å²) in [6.45, 7) is 2.97. The van der Waals surface area contributed by atoms with Gasteiger partial charge in [-0.05, 0) is 64.0 Å². The van der Waals surface area contributed by atoms with Crippen molar-refractivity contribution in [3.05, 3.63) is 48.8 Å². The molecular formula is C16H16BrNOS2. The largest absolute Gasteiger partial charge is 0.332 e. The second-order valence-electron chi connectivity index (χ2n) is 4.98. The van der Waals surface area contributed by atoms with Gasteiger partial charge < -0.3 is 4.90 Å². The Morgan fingerprint density at radius 2 is 2.33 bits per heavy atom. The molecule has 0 N–H and O–H groups in total. The lowest BCUT2D eigenvalue weighted by Crippen LogP contribution is -2.38. The van der Waals surface area contributed by atoms with Crippen molar-refractivity contribution in [1.82, 2.24) is 4.90 Å². The highest BCUT2D eigenvalue weighted by Gasteiger charge is 2.29. The van der Waals surface area contributed by atoms with Crippen LogP contribution in [0.2, 0.25) is 0 Å². The zero-order chi connectivity index (χ0) is 14.8. The fraction of sp³-hybridized carbons (Fsp3) is 0.312. The first-order valence-corrected chi connectivity index (χ1v) is 9.48. The summed E-state index contributed by atoms with van der Waals surface area (Å²) in [5, 5.41) is 2.14. The maximum absolute atomic E-state index is 12.5. The van der Waals surface area contributed by atoms with Gasteiger partial charge in [-0.2, -0.15) is 0 Å². The zero-order valence-electron chi connectivity index (χ0n) is 11.7. The van der Waals surface area contributed by atoms with E-state index in [9.17, 15) is 4.79 Å². The molecule has 0 aromatic carbocycles. The van der Waals surface area contributed by atoms with Crippen molar-refractivity contribution in [2.75, 3.05) is 6.54 Å². The highest BCUT2D eigenvalue weighted by Crippen LogP contribution is 2.35. The van der Waals surface area contributed by atoms with E-state index >= 15 is 0 Å². The minimum absolute atomic E-state index is 0.114. The van der Waals surface area contributed by atoms with Gasteiger partial charge in [-0.25, -0.2) is 0 Å². The van der Waals surface area contributed by atoms with Gasteiger partial charge >= 0.3 is 0 Å². The number of fused-ring (bicyclic) bond motifs is 1. The van der Waals surface area contributed by atoms with E-state index in [2.05, 4.69) is 34.3 Å². The smallest absolute Gasteiger partial charge is 0.247 e. The average Bonchev–Trinajstić information content (AvgIpc) is 3.12. The second kappa shape index (κ2) is 6.46. The van der Waals surface area contributed by atoms with E-state index in [1.165, 1.54) is 10.4 Å². The first-order valence-electron chi connectivity index (χ1n) is 6.99. The molecule has 0 saturated carbocycles. The van der Waals surface area contributed by atoms with Crippen molar-refractivity contribution in [2.45, 2.75) is 25.8 Å². The monoisotopic (exact) mass is 381 g/mol. The molecule has 0 aliphatic carbocycles. The molecule has 0 fully saturated rings. The van der Waals surface area contributed by atoms with Crippen molar-refractivity contribution in [2.24, 2.45) is 0 Å². The number of carbonyl (C=O) groups excluding carboxylic acids is 1. The van der Waals surface area contributed by atoms with Gasteiger partial charge in [0.05, 0.1) is 9.83 Å². The van der Waals surface area contributed by atoms with Crippen LogP contribution in [0.3, 0.4) is 0 Å². The number of amides is 1. The number of halogens is 1. The third kappa shape index (κ3) is 3.15. The number of hydrogen-bond donors (Lipinski definition) is 0. The minimum atomic E-state index is 0.114. The molecule has 2 nitrogen and oxygen atoms in total. The van der Waals surface area contributed by atoms with Crippen LogP contribution in [0.5, 0.6) is 0 Å². The van der Waals surface area contributed by atoms with E-state index in [4.69, 9.17) is 0 Å². The molecule has 2 aromatic heterocycles. The molecule has 21 heavy (non-hydrogen) atoms. The maximum atomic E-state index is 12.5. The van der Waals surface area contributed by atoms with E-state index < -0.39 is 0 Å². The molecule has 1 aliphatic rings. The predicted octanol–water partition coefficient (Wildman–Crippen LogP) is 5.12. The third-order valence-electron chi connectivity index (χ3n) is 3.75. The Bertz CT molecular complexity index is 673. The molecule has 1 amide bonds. The highest BCUT2D eigenvalue weighted by molar-refractivity contribution is 9.11. The van der Waals surface area contributed by atoms with Crippen LogP contribution >= 0.6 is 38.6 Å². The van der Waals surface area contributed by atoms with Crippen molar-refractivity contribution in [1.29, 1.82) is 0 Å². The molecule has 5 heteroatoms. The molecule has 3 heterocycles. The Morgan fingerprint density at radius 1 is 1.48 bits per heavy atom. The van der Waals surface area contributed by atoms with Crippen molar-refractivity contribution < 1.29 is 4.79 Å². The Morgan fingerprint density at radius 3 is 3.05 bits per heavy atom. The fourth-order valence-corrected chi connectivity index (χ4v) is 5.02. The summed E-state index contributed by atoms with van der Waals surface area (Å²) in [4.78, 5) is 17.1. The van der Waals surface area contributed by atoms with Crippen molar-refractivity contribution in [3.8, 4) is 0 Å². The Hall–Kier alpha value is -0.910. The molecule has 0 bridgehead atoms. The summed E-state index contributed by atoms with van der Waals surface area (Å²) in [6, 6.07) is 6.42. The van der Waals surface area contributed by atoms with E-state index in [0.717, 1.165) is 28.0 Å². The standard InChI is InChI=1S/C16H16BrNOS2/c1-2-13-12-8-10-20-14(12)7-9-18(13)16(19)6-4-11-3-5-15(17)21-11/h3-6,8,10,13H,2,7,9H2,1H3/b6-4+. The molecule has 0 radical (unpaired) electrons. The van der Waals surface area contributed by atoms with Crippen LogP contribution in [0.1, 0.15) is 34.7 Å². The van der Waals surface area contributed by atoms with Gasteiger partial charge in [-0.1, -0.05) is 6.92 Å². The Kier molecular flexibility index (Phi) is 4.62. The minimum Gasteiger partial charge on any atom is -0.332 e. The van der Waals surface area contributed by atoms with Gasteiger partial charge in [0.15, 0.2) is 0 Å². The first-order chi connectivity index (χ1) is 10.2. The van der Waals surface area contributed by atoms with Crippen molar-refractivity contribution in [3.63, 3.8) is 0 Å². The summed E-state index contributed by atoms with van der Waals surface area (Å²) in [5.74, 6) is 0.114. The second-order valence-corrected chi connectivity index (χ2v) is 8.48. The van der Waals surface area contributed by atoms with Gasteiger partial charge in [-0.15, -0.1) is 22.7 Å². The molecule has 1 aliphatic heterocycles. The number of carbonyl (C=O) groups is 1. The van der Waals surface area contributed by atoms with Crippen LogP contribution in [0.4, 0.5) is 0 Å². The van der Waals surface area contributed by atoms with Crippen molar-refractivity contribution >= 4 is 50.6 Å². The van der Waals surface area contributed by atoms with Gasteiger partial charge in [0.1, 0.15) is 0 Å². The van der Waals surface area contributed by atoms with Crippen LogP contribution in [0, 0.1) is 0 Å². The quantitative estimate of drug-likeness (QED) is 0.675. The highest BCUT2D eigenvalue weighted by atomic mass is 79.9. The number of rotatable bonds is 3. The SMILES string of the molecule is CCC1c2ccsc2CCN1C(=O)/C=C/c1ccc(Br)s1. The van der Waals surface area contributed by atoms with E-state index in [1.807, 2.05) is 34.4 Å². The summed E-state index contributed by atoms with van der Waals surface area (Å²) in [6.07, 6.45) is 5.56. The number of nitrogens with zero attached hydrogens (tertiary/aromatic N) is 1. The third-order valence-corrected chi connectivity index (χ3v) is 6.33. The van der Waals surface area contributed by atoms with E-state index in [0.29, 0.717) is 0 Å². The molecular weight excluding hydrogens is 366 g/mol. The summed E-state index contributed by atoms with van der Waals surface area (Å²) in [5.41, 5.74) is 1.34. The van der Waals surface area contributed by atoms with Gasteiger partial charge in [0.2, 0.25) is 5.91 Å².